The van der Waals surface area contributed by atoms with Crippen LogP contribution in [-0.4, -0.2) is 18.5 Å². The van der Waals surface area contributed by atoms with E-state index in [2.05, 4.69) is 6.07 Å². The van der Waals surface area contributed by atoms with Gasteiger partial charge in [0.25, 0.3) is 0 Å². The van der Waals surface area contributed by atoms with Crippen molar-refractivity contribution in [1.82, 2.24) is 0 Å². The molecule has 0 aliphatic heterocycles. The number of aryl methyl sites for hydroxylation is 2. The van der Waals surface area contributed by atoms with E-state index in [0.29, 0.717) is 0 Å². The summed E-state index contributed by atoms with van der Waals surface area (Å²) in [4.78, 5) is 13.0. The molecule has 0 heterocycles. The zero-order valence-corrected chi connectivity index (χ0v) is 12.3. The van der Waals surface area contributed by atoms with Crippen LogP contribution in [0.2, 0.25) is 0 Å². The van der Waals surface area contributed by atoms with Gasteiger partial charge in [0.15, 0.2) is 5.78 Å². The number of benzene rings is 1. The number of Topliss-reactive ketones (excluding diaryl/α,β-unsaturated/α-hetero) is 1. The van der Waals surface area contributed by atoms with E-state index in [1.54, 1.807) is 7.11 Å². The molecule has 1 saturated carbocycles. The Morgan fingerprint density at radius 3 is 2.32 bits per heavy atom. The molecule has 0 N–H and O–H groups in total. The molecule has 0 atom stereocenters. The summed E-state index contributed by atoms with van der Waals surface area (Å²) in [5.74, 6) is 0.179. The molecule has 0 aromatic heterocycles. The second-order valence-corrected chi connectivity index (χ2v) is 5.76. The van der Waals surface area contributed by atoms with Gasteiger partial charge in [-0.1, -0.05) is 43.4 Å². The first-order chi connectivity index (χ1) is 9.09. The van der Waals surface area contributed by atoms with Crippen LogP contribution in [-0.2, 0) is 4.74 Å². The highest BCUT2D eigenvalue weighted by Crippen LogP contribution is 2.34. The lowest BCUT2D eigenvalue weighted by molar-refractivity contribution is -0.00698. The third-order valence-electron chi connectivity index (χ3n) is 4.35. The van der Waals surface area contributed by atoms with E-state index in [0.717, 1.165) is 42.4 Å². The molecule has 104 valence electrons. The van der Waals surface area contributed by atoms with E-state index in [4.69, 9.17) is 4.74 Å². The van der Waals surface area contributed by atoms with Gasteiger partial charge in [0.2, 0.25) is 0 Å². The Hall–Kier alpha value is -1.15. The first-order valence-corrected chi connectivity index (χ1v) is 7.26. The topological polar surface area (TPSA) is 26.3 Å². The zero-order chi connectivity index (χ0) is 13.9. The summed E-state index contributed by atoms with van der Waals surface area (Å²) < 4.78 is 5.72. The minimum absolute atomic E-state index is 0.179. The minimum Gasteiger partial charge on any atom is -0.370 e. The van der Waals surface area contributed by atoms with Crippen LogP contribution in [0.1, 0.15) is 60.0 Å². The number of ether oxygens (including phenoxy) is 1. The molecule has 0 bridgehead atoms. The van der Waals surface area contributed by atoms with Gasteiger partial charge in [0.1, 0.15) is 5.60 Å². The molecule has 0 radical (unpaired) electrons. The molecule has 19 heavy (non-hydrogen) atoms. The van der Waals surface area contributed by atoms with Crippen molar-refractivity contribution < 1.29 is 9.53 Å². The Bertz CT molecular complexity index is 454. The predicted molar refractivity (Wildman–Crippen MR) is 77.7 cm³/mol. The van der Waals surface area contributed by atoms with E-state index in [-0.39, 0.29) is 5.78 Å². The lowest BCUT2D eigenvalue weighted by atomic mass is 9.84. The third-order valence-corrected chi connectivity index (χ3v) is 4.35. The zero-order valence-electron chi connectivity index (χ0n) is 12.3. The van der Waals surface area contributed by atoms with Crippen molar-refractivity contribution in [2.75, 3.05) is 7.11 Å². The minimum atomic E-state index is -0.588. The summed E-state index contributed by atoms with van der Waals surface area (Å²) in [5.41, 5.74) is 2.43. The van der Waals surface area contributed by atoms with Crippen LogP contribution in [0.15, 0.2) is 18.2 Å². The number of carbonyl (C=O) groups is 1. The van der Waals surface area contributed by atoms with Gasteiger partial charge in [-0.3, -0.25) is 4.79 Å². The molecule has 1 fully saturated rings. The average Bonchev–Trinajstić information content (AvgIpc) is 2.67. The molecule has 1 aliphatic rings. The van der Waals surface area contributed by atoms with Crippen LogP contribution in [0, 0.1) is 13.8 Å². The number of ketones is 1. The van der Waals surface area contributed by atoms with Crippen molar-refractivity contribution >= 4 is 5.78 Å². The van der Waals surface area contributed by atoms with Gasteiger partial charge in [-0.15, -0.1) is 0 Å². The summed E-state index contributed by atoms with van der Waals surface area (Å²) in [6.07, 6.45) is 6.32. The maximum Gasteiger partial charge on any atom is 0.194 e. The van der Waals surface area contributed by atoms with E-state index < -0.39 is 5.60 Å². The van der Waals surface area contributed by atoms with Crippen LogP contribution in [0.25, 0.3) is 0 Å². The second kappa shape index (κ2) is 5.87. The first kappa shape index (κ1) is 14.3. The van der Waals surface area contributed by atoms with Crippen LogP contribution in [0.4, 0.5) is 0 Å². The molecule has 0 spiro atoms. The SMILES string of the molecule is COC1(C(=O)c2cc(C)ccc2C)CCCCCC1. The van der Waals surface area contributed by atoms with Crippen molar-refractivity contribution in [2.24, 2.45) is 0 Å². The number of carbonyl (C=O) groups excluding carboxylic acids is 1. The molecule has 2 heteroatoms. The highest BCUT2D eigenvalue weighted by Gasteiger charge is 2.39. The Labute approximate surface area is 116 Å². The molecular formula is C17H24O2. The van der Waals surface area contributed by atoms with Gasteiger partial charge in [0.05, 0.1) is 0 Å². The molecule has 0 saturated heterocycles. The summed E-state index contributed by atoms with van der Waals surface area (Å²) in [6.45, 7) is 4.04. The Kier molecular flexibility index (Phi) is 4.41. The quantitative estimate of drug-likeness (QED) is 0.600. The van der Waals surface area contributed by atoms with Crippen LogP contribution >= 0.6 is 0 Å². The number of hydrogen-bond acceptors (Lipinski definition) is 2. The van der Waals surface area contributed by atoms with Crippen molar-refractivity contribution in [1.29, 1.82) is 0 Å². The van der Waals surface area contributed by atoms with E-state index in [9.17, 15) is 4.79 Å². The average molecular weight is 260 g/mol. The summed E-state index contributed by atoms with van der Waals surface area (Å²) in [7, 11) is 1.69. The van der Waals surface area contributed by atoms with Crippen LogP contribution < -0.4 is 0 Å². The van der Waals surface area contributed by atoms with Gasteiger partial charge < -0.3 is 4.74 Å². The maximum absolute atomic E-state index is 13.0. The summed E-state index contributed by atoms with van der Waals surface area (Å²) in [6, 6.07) is 6.09. The smallest absolute Gasteiger partial charge is 0.194 e. The van der Waals surface area contributed by atoms with E-state index >= 15 is 0 Å². The van der Waals surface area contributed by atoms with Crippen LogP contribution in [0.3, 0.4) is 0 Å². The molecule has 0 amide bonds. The normalized spacial score (nSPS) is 18.9. The van der Waals surface area contributed by atoms with E-state index in [1.165, 1.54) is 12.8 Å². The molecule has 2 rings (SSSR count). The maximum atomic E-state index is 13.0. The monoisotopic (exact) mass is 260 g/mol. The van der Waals surface area contributed by atoms with Crippen LogP contribution in [0.5, 0.6) is 0 Å². The van der Waals surface area contributed by atoms with E-state index in [1.807, 2.05) is 26.0 Å². The highest BCUT2D eigenvalue weighted by molar-refractivity contribution is 6.03. The van der Waals surface area contributed by atoms with Gasteiger partial charge in [-0.25, -0.2) is 0 Å². The first-order valence-electron chi connectivity index (χ1n) is 7.26. The molecule has 1 aromatic rings. The van der Waals surface area contributed by atoms with Crippen molar-refractivity contribution in [3.8, 4) is 0 Å². The Morgan fingerprint density at radius 1 is 1.11 bits per heavy atom. The molecule has 2 nitrogen and oxygen atoms in total. The Balaban J connectivity index is 2.36. The van der Waals surface area contributed by atoms with Gasteiger partial charge in [0, 0.05) is 12.7 Å². The molecule has 1 aliphatic carbocycles. The fraction of sp³-hybridized carbons (Fsp3) is 0.588. The fourth-order valence-corrected chi connectivity index (χ4v) is 3.05. The largest absolute Gasteiger partial charge is 0.370 e. The standard InChI is InChI=1S/C17H24O2/c1-13-8-9-14(2)15(12-13)16(18)17(19-3)10-6-4-5-7-11-17/h8-9,12H,4-7,10-11H2,1-3H3. The highest BCUT2D eigenvalue weighted by atomic mass is 16.5. The lowest BCUT2D eigenvalue weighted by Crippen LogP contribution is -2.40. The molecule has 1 aromatic carbocycles. The van der Waals surface area contributed by atoms with Gasteiger partial charge in [-0.05, 0) is 38.3 Å². The second-order valence-electron chi connectivity index (χ2n) is 5.76. The van der Waals surface area contributed by atoms with Gasteiger partial charge >= 0.3 is 0 Å². The number of methoxy groups -OCH3 is 1. The Morgan fingerprint density at radius 2 is 1.74 bits per heavy atom. The lowest BCUT2D eigenvalue weighted by Gasteiger charge is -2.30. The molecular weight excluding hydrogens is 236 g/mol. The van der Waals surface area contributed by atoms with Crippen molar-refractivity contribution in [3.63, 3.8) is 0 Å². The summed E-state index contributed by atoms with van der Waals surface area (Å²) in [5, 5.41) is 0. The van der Waals surface area contributed by atoms with Gasteiger partial charge in [-0.2, -0.15) is 0 Å². The molecule has 0 unspecified atom stereocenters. The number of hydrogen-bond donors (Lipinski definition) is 0. The predicted octanol–water partition coefficient (Wildman–Crippen LogP) is 4.23. The fourth-order valence-electron chi connectivity index (χ4n) is 3.05. The number of rotatable bonds is 3. The van der Waals surface area contributed by atoms with Crippen molar-refractivity contribution in [3.05, 3.63) is 34.9 Å². The van der Waals surface area contributed by atoms with Crippen molar-refractivity contribution in [2.45, 2.75) is 58.0 Å². The third kappa shape index (κ3) is 2.89. The summed E-state index contributed by atoms with van der Waals surface area (Å²) >= 11 is 0.